The Morgan fingerprint density at radius 1 is 1.24 bits per heavy atom. The van der Waals surface area contributed by atoms with E-state index in [0.29, 0.717) is 25.0 Å². The molecule has 0 spiro atoms. The van der Waals surface area contributed by atoms with Gasteiger partial charge in [0.1, 0.15) is 6.10 Å². The molecule has 0 aromatic heterocycles. The highest BCUT2D eigenvalue weighted by atomic mass is 16.6. The van der Waals surface area contributed by atoms with E-state index in [9.17, 15) is 15.3 Å². The molecule has 0 saturated carbocycles. The Kier molecular flexibility index (Phi) is 5.43. The number of rotatable bonds is 6. The number of aliphatic hydroxyl groups is 3. The maximum Gasteiger partial charge on any atom is 0.107 e. The van der Waals surface area contributed by atoms with Gasteiger partial charge in [0.05, 0.1) is 37.1 Å². The van der Waals surface area contributed by atoms with Crippen LogP contribution in [0, 0.1) is 18.4 Å². The standard InChI is InChI=1S/C16H27O5/c1-8(2)5-12-15(19)14(18)11(7-20-12)6-13-16(21-13)9(3)10(4)17/h1,9-19H,5-7H2,2-4H3/t9-,10-,11-,12-,13-,14+,15-,16-/m0/s1. The number of hydrogen-bond acceptors (Lipinski definition) is 5. The summed E-state index contributed by atoms with van der Waals surface area (Å²) in [6.45, 7) is 11.5. The van der Waals surface area contributed by atoms with Gasteiger partial charge in [-0.05, 0) is 26.7 Å². The van der Waals surface area contributed by atoms with Crippen LogP contribution < -0.4 is 0 Å². The van der Waals surface area contributed by atoms with Gasteiger partial charge in [-0.25, -0.2) is 0 Å². The first-order valence-electron chi connectivity index (χ1n) is 7.70. The molecule has 2 aliphatic rings. The Hall–Kier alpha value is -0.460. The Balaban J connectivity index is 1.83. The molecule has 2 aliphatic heterocycles. The molecule has 21 heavy (non-hydrogen) atoms. The van der Waals surface area contributed by atoms with E-state index in [-0.39, 0.29) is 24.0 Å². The van der Waals surface area contributed by atoms with Crippen LogP contribution in [0.5, 0.6) is 0 Å². The van der Waals surface area contributed by atoms with Crippen molar-refractivity contribution in [3.8, 4) is 0 Å². The Labute approximate surface area is 126 Å². The predicted molar refractivity (Wildman–Crippen MR) is 77.5 cm³/mol. The topological polar surface area (TPSA) is 82.5 Å². The zero-order chi connectivity index (χ0) is 15.7. The third kappa shape index (κ3) is 4.05. The minimum absolute atomic E-state index is 0.0319. The SMILES string of the molecule is [CH]=C(C)C[C@@H]1OC[C@H](C[C@@H]2O[C@H]2[C@@H](C)[C@H](C)O)[C@@H](O)[C@H]1O. The van der Waals surface area contributed by atoms with Gasteiger partial charge in [0.2, 0.25) is 0 Å². The van der Waals surface area contributed by atoms with Crippen molar-refractivity contribution in [3.63, 3.8) is 0 Å². The molecule has 0 bridgehead atoms. The lowest BCUT2D eigenvalue weighted by Crippen LogP contribution is -2.50. The Bertz CT molecular complexity index is 370. The van der Waals surface area contributed by atoms with Crippen LogP contribution >= 0.6 is 0 Å². The van der Waals surface area contributed by atoms with Crippen molar-refractivity contribution >= 4 is 0 Å². The molecular formula is C16H27O5. The predicted octanol–water partition coefficient (Wildman–Crippen LogP) is 0.667. The molecule has 5 heteroatoms. The molecule has 0 unspecified atom stereocenters. The highest BCUT2D eigenvalue weighted by molar-refractivity contribution is 4.98. The van der Waals surface area contributed by atoms with Crippen LogP contribution in [0.15, 0.2) is 5.57 Å². The van der Waals surface area contributed by atoms with Gasteiger partial charge in [-0.15, -0.1) is 0 Å². The van der Waals surface area contributed by atoms with Crippen LogP contribution in [0.25, 0.3) is 0 Å². The summed E-state index contributed by atoms with van der Waals surface area (Å²) in [5, 5.41) is 29.9. The minimum atomic E-state index is -0.923. The summed E-state index contributed by atoms with van der Waals surface area (Å²) in [6, 6.07) is 0. The third-order valence-corrected chi connectivity index (χ3v) is 4.70. The van der Waals surface area contributed by atoms with Crippen molar-refractivity contribution in [3.05, 3.63) is 12.2 Å². The van der Waals surface area contributed by atoms with E-state index in [1.54, 1.807) is 13.8 Å². The fourth-order valence-electron chi connectivity index (χ4n) is 3.03. The van der Waals surface area contributed by atoms with E-state index < -0.39 is 24.4 Å². The molecular weight excluding hydrogens is 272 g/mol. The summed E-state index contributed by atoms with van der Waals surface area (Å²) in [7, 11) is 0. The summed E-state index contributed by atoms with van der Waals surface area (Å²) in [6.07, 6.45) is -1.44. The molecule has 2 rings (SSSR count). The molecule has 5 nitrogen and oxygen atoms in total. The van der Waals surface area contributed by atoms with Crippen LogP contribution in [0.3, 0.4) is 0 Å². The van der Waals surface area contributed by atoms with E-state index in [1.165, 1.54) is 0 Å². The van der Waals surface area contributed by atoms with E-state index in [0.717, 1.165) is 0 Å². The van der Waals surface area contributed by atoms with E-state index >= 15 is 0 Å². The first-order valence-corrected chi connectivity index (χ1v) is 7.70. The molecule has 0 aromatic carbocycles. The molecule has 8 atom stereocenters. The van der Waals surface area contributed by atoms with E-state index in [1.807, 2.05) is 6.92 Å². The first-order chi connectivity index (χ1) is 9.81. The molecule has 0 aromatic rings. The number of ether oxygens (including phenoxy) is 2. The van der Waals surface area contributed by atoms with Crippen LogP contribution in [-0.4, -0.2) is 58.6 Å². The highest BCUT2D eigenvalue weighted by Gasteiger charge is 2.48. The lowest BCUT2D eigenvalue weighted by molar-refractivity contribution is -0.165. The van der Waals surface area contributed by atoms with Crippen molar-refractivity contribution in [2.75, 3.05) is 6.61 Å². The van der Waals surface area contributed by atoms with Crippen LogP contribution in [0.2, 0.25) is 0 Å². The molecule has 3 N–H and O–H groups in total. The van der Waals surface area contributed by atoms with Crippen molar-refractivity contribution in [1.82, 2.24) is 0 Å². The van der Waals surface area contributed by atoms with Crippen molar-refractivity contribution in [2.45, 2.75) is 70.2 Å². The smallest absolute Gasteiger partial charge is 0.107 e. The molecule has 1 radical (unpaired) electrons. The summed E-state index contributed by atoms with van der Waals surface area (Å²) < 4.78 is 11.2. The Morgan fingerprint density at radius 3 is 2.48 bits per heavy atom. The first kappa shape index (κ1) is 16.9. The van der Waals surface area contributed by atoms with Gasteiger partial charge in [-0.1, -0.05) is 19.1 Å². The normalized spacial score (nSPS) is 42.4. The van der Waals surface area contributed by atoms with Crippen molar-refractivity contribution in [2.24, 2.45) is 11.8 Å². The van der Waals surface area contributed by atoms with Gasteiger partial charge in [0.15, 0.2) is 0 Å². The molecule has 2 fully saturated rings. The van der Waals surface area contributed by atoms with Gasteiger partial charge in [-0.3, -0.25) is 0 Å². The number of hydrogen-bond donors (Lipinski definition) is 3. The molecule has 0 aliphatic carbocycles. The maximum absolute atomic E-state index is 10.2. The lowest BCUT2D eigenvalue weighted by Gasteiger charge is -2.37. The molecule has 2 saturated heterocycles. The van der Waals surface area contributed by atoms with Gasteiger partial charge in [0, 0.05) is 11.8 Å². The molecule has 121 valence electrons. The van der Waals surface area contributed by atoms with Gasteiger partial charge < -0.3 is 24.8 Å². The second kappa shape index (κ2) is 6.75. The van der Waals surface area contributed by atoms with Gasteiger partial charge >= 0.3 is 0 Å². The molecule has 2 heterocycles. The van der Waals surface area contributed by atoms with Gasteiger partial charge in [-0.2, -0.15) is 0 Å². The van der Waals surface area contributed by atoms with E-state index in [4.69, 9.17) is 16.1 Å². The largest absolute Gasteiger partial charge is 0.393 e. The minimum Gasteiger partial charge on any atom is -0.393 e. The van der Waals surface area contributed by atoms with Crippen LogP contribution in [0.4, 0.5) is 0 Å². The monoisotopic (exact) mass is 299 g/mol. The second-order valence-corrected chi connectivity index (χ2v) is 6.64. The Morgan fingerprint density at radius 2 is 1.90 bits per heavy atom. The third-order valence-electron chi connectivity index (χ3n) is 4.70. The van der Waals surface area contributed by atoms with Crippen molar-refractivity contribution in [1.29, 1.82) is 0 Å². The van der Waals surface area contributed by atoms with Crippen LogP contribution in [0.1, 0.15) is 33.6 Å². The highest BCUT2D eigenvalue weighted by Crippen LogP contribution is 2.38. The summed E-state index contributed by atoms with van der Waals surface area (Å²) >= 11 is 0. The van der Waals surface area contributed by atoms with E-state index in [2.05, 4.69) is 0 Å². The van der Waals surface area contributed by atoms with Gasteiger partial charge in [0.25, 0.3) is 0 Å². The quantitative estimate of drug-likeness (QED) is 0.628. The lowest BCUT2D eigenvalue weighted by atomic mass is 9.85. The fourth-order valence-corrected chi connectivity index (χ4v) is 3.03. The zero-order valence-corrected chi connectivity index (χ0v) is 13.0. The summed E-state index contributed by atoms with van der Waals surface area (Å²) in [5.41, 5.74) is 0.682. The van der Waals surface area contributed by atoms with Crippen molar-refractivity contribution < 1.29 is 24.8 Å². The average Bonchev–Trinajstić information content (AvgIpc) is 3.16. The summed E-state index contributed by atoms with van der Waals surface area (Å²) in [4.78, 5) is 0. The maximum atomic E-state index is 10.2. The summed E-state index contributed by atoms with van der Waals surface area (Å²) in [5.74, 6) is -0.0747. The zero-order valence-electron chi connectivity index (χ0n) is 13.0. The second-order valence-electron chi connectivity index (χ2n) is 6.64. The number of aliphatic hydroxyl groups excluding tert-OH is 3. The van der Waals surface area contributed by atoms with Crippen LogP contribution in [-0.2, 0) is 9.47 Å². The molecule has 0 amide bonds. The number of epoxide rings is 1. The average molecular weight is 299 g/mol. The fraction of sp³-hybridized carbons (Fsp3) is 0.875.